The number of methoxy groups -OCH3 is 2. The Bertz CT molecular complexity index is 1010. The molecule has 7 nitrogen and oxygen atoms in total. The van der Waals surface area contributed by atoms with Gasteiger partial charge in [0, 0.05) is 17.0 Å². The summed E-state index contributed by atoms with van der Waals surface area (Å²) in [4.78, 5) is 8.80. The van der Waals surface area contributed by atoms with Crippen molar-refractivity contribution in [1.82, 2.24) is 9.97 Å². The summed E-state index contributed by atoms with van der Waals surface area (Å²) in [5, 5.41) is 0.854. The number of rotatable bonds is 9. The Morgan fingerprint density at radius 1 is 0.897 bits per heavy atom. The van der Waals surface area contributed by atoms with Crippen molar-refractivity contribution in [2.45, 2.75) is 20.0 Å². The number of ether oxygens (including phenoxy) is 2. The van der Waals surface area contributed by atoms with Crippen molar-refractivity contribution in [3.05, 3.63) is 48.3 Å². The Labute approximate surface area is 170 Å². The zero-order valence-electron chi connectivity index (χ0n) is 17.0. The molecule has 3 aromatic rings. The van der Waals surface area contributed by atoms with E-state index in [2.05, 4.69) is 9.97 Å². The average molecular weight is 416 g/mol. The lowest BCUT2D eigenvalue weighted by Gasteiger charge is -2.17. The van der Waals surface area contributed by atoms with Gasteiger partial charge in [-0.2, -0.15) is 0 Å². The molecule has 0 fully saturated rings. The Balaban J connectivity index is 1.95. The molecule has 2 aromatic carbocycles. The molecule has 0 aliphatic rings. The molecular weight excluding hydrogens is 391 g/mol. The molecule has 8 heteroatoms. The summed E-state index contributed by atoms with van der Waals surface area (Å²) in [5.41, 5.74) is 3.32. The van der Waals surface area contributed by atoms with E-state index in [9.17, 15) is 4.57 Å². The van der Waals surface area contributed by atoms with E-state index in [0.29, 0.717) is 24.7 Å². The van der Waals surface area contributed by atoms with Crippen LogP contribution >= 0.6 is 7.60 Å². The monoisotopic (exact) mass is 416 g/mol. The maximum atomic E-state index is 12.8. The van der Waals surface area contributed by atoms with Gasteiger partial charge in [-0.15, -0.1) is 0 Å². The molecule has 0 bridgehead atoms. The van der Waals surface area contributed by atoms with E-state index in [4.69, 9.17) is 18.5 Å². The maximum absolute atomic E-state index is 12.8. The molecule has 29 heavy (non-hydrogen) atoms. The second-order valence-corrected chi connectivity index (χ2v) is 8.30. The largest absolute Gasteiger partial charge is 0.493 e. The second-order valence-electron chi connectivity index (χ2n) is 6.25. The van der Waals surface area contributed by atoms with Crippen LogP contribution in [0.4, 0.5) is 0 Å². The first-order valence-electron chi connectivity index (χ1n) is 9.37. The number of hydrogen-bond donors (Lipinski definition) is 0. The zero-order chi connectivity index (χ0) is 20.9. The highest BCUT2D eigenvalue weighted by Gasteiger charge is 2.24. The van der Waals surface area contributed by atoms with Gasteiger partial charge in [0.2, 0.25) is 0 Å². The van der Waals surface area contributed by atoms with Gasteiger partial charge in [0.05, 0.1) is 44.8 Å². The first-order chi connectivity index (χ1) is 14.0. The lowest BCUT2D eigenvalue weighted by atomic mass is 10.0. The normalized spacial score (nSPS) is 11.6. The third-order valence-corrected chi connectivity index (χ3v) is 6.45. The fraction of sp³-hybridized carbons (Fsp3) is 0.333. The van der Waals surface area contributed by atoms with Crippen LogP contribution in [0.25, 0.3) is 22.2 Å². The van der Waals surface area contributed by atoms with Crippen LogP contribution < -0.4 is 9.47 Å². The molecule has 0 N–H and O–H groups in total. The molecule has 0 radical (unpaired) electrons. The van der Waals surface area contributed by atoms with Gasteiger partial charge in [-0.1, -0.05) is 24.3 Å². The van der Waals surface area contributed by atoms with E-state index in [1.165, 1.54) is 6.33 Å². The van der Waals surface area contributed by atoms with E-state index < -0.39 is 7.60 Å². The minimum Gasteiger partial charge on any atom is -0.493 e. The maximum Gasteiger partial charge on any atom is 0.335 e. The highest BCUT2D eigenvalue weighted by atomic mass is 31.2. The average Bonchev–Trinajstić information content (AvgIpc) is 2.73. The third kappa shape index (κ3) is 4.75. The molecular formula is C21H25N2O5P. The minimum absolute atomic E-state index is 0.227. The molecule has 0 spiro atoms. The van der Waals surface area contributed by atoms with Crippen LogP contribution in [-0.2, 0) is 19.8 Å². The Morgan fingerprint density at radius 3 is 2.10 bits per heavy atom. The molecule has 3 rings (SSSR count). The lowest BCUT2D eigenvalue weighted by molar-refractivity contribution is 0.219. The lowest BCUT2D eigenvalue weighted by Crippen LogP contribution is -1.99. The SMILES string of the molecule is CCOP(=O)(Cc1ccc(-c2ncnc3cc(OC)c(OC)cc23)cc1)OCC. The van der Waals surface area contributed by atoms with Gasteiger partial charge in [0.25, 0.3) is 0 Å². The third-order valence-electron chi connectivity index (χ3n) is 4.40. The molecule has 0 aliphatic carbocycles. The van der Waals surface area contributed by atoms with Gasteiger partial charge in [-0.25, -0.2) is 9.97 Å². The van der Waals surface area contributed by atoms with Gasteiger partial charge in [0.15, 0.2) is 11.5 Å². The second kappa shape index (κ2) is 9.35. The van der Waals surface area contributed by atoms with Crippen LogP contribution in [0.15, 0.2) is 42.7 Å². The van der Waals surface area contributed by atoms with Crippen LogP contribution in [0.3, 0.4) is 0 Å². The van der Waals surface area contributed by atoms with Crippen LogP contribution in [-0.4, -0.2) is 37.4 Å². The van der Waals surface area contributed by atoms with Crippen molar-refractivity contribution in [1.29, 1.82) is 0 Å². The predicted molar refractivity (Wildman–Crippen MR) is 113 cm³/mol. The summed E-state index contributed by atoms with van der Waals surface area (Å²) in [6.07, 6.45) is 1.75. The van der Waals surface area contributed by atoms with Crippen LogP contribution in [0.5, 0.6) is 11.5 Å². The van der Waals surface area contributed by atoms with Crippen molar-refractivity contribution < 1.29 is 23.1 Å². The Kier molecular flexibility index (Phi) is 6.85. The van der Waals surface area contributed by atoms with Crippen molar-refractivity contribution in [2.24, 2.45) is 0 Å². The number of aromatic nitrogens is 2. The number of fused-ring (bicyclic) bond motifs is 1. The summed E-state index contributed by atoms with van der Waals surface area (Å²) < 4.78 is 34.3. The number of benzene rings is 2. The van der Waals surface area contributed by atoms with Crippen molar-refractivity contribution in [3.63, 3.8) is 0 Å². The molecule has 0 saturated carbocycles. The highest BCUT2D eigenvalue weighted by molar-refractivity contribution is 7.53. The summed E-state index contributed by atoms with van der Waals surface area (Å²) in [6, 6.07) is 11.4. The standard InChI is InChI=1S/C21H25N2O5P/c1-5-27-29(24,28-6-2)13-15-7-9-16(10-8-15)21-17-11-19(25-3)20(26-4)12-18(17)22-14-23-21/h7-12,14H,5-6,13H2,1-4H3. The van der Waals surface area contributed by atoms with Gasteiger partial charge in [-0.05, 0) is 25.5 Å². The molecule has 0 aliphatic heterocycles. The van der Waals surface area contributed by atoms with E-state index >= 15 is 0 Å². The Hall–Kier alpha value is -2.47. The van der Waals surface area contributed by atoms with Gasteiger partial charge >= 0.3 is 7.60 Å². The molecule has 0 amide bonds. The van der Waals surface area contributed by atoms with Gasteiger partial charge in [0.1, 0.15) is 6.33 Å². The van der Waals surface area contributed by atoms with Gasteiger partial charge < -0.3 is 18.5 Å². The minimum atomic E-state index is -3.14. The van der Waals surface area contributed by atoms with Crippen LogP contribution in [0.1, 0.15) is 19.4 Å². The van der Waals surface area contributed by atoms with E-state index in [1.54, 1.807) is 28.1 Å². The quantitative estimate of drug-likeness (QED) is 0.450. The molecule has 0 saturated heterocycles. The number of nitrogens with zero attached hydrogens (tertiary/aromatic N) is 2. The smallest absolute Gasteiger partial charge is 0.335 e. The summed E-state index contributed by atoms with van der Waals surface area (Å²) in [7, 11) is 0.0419. The first kappa shape index (κ1) is 21.2. The summed E-state index contributed by atoms with van der Waals surface area (Å²) >= 11 is 0. The topological polar surface area (TPSA) is 79.8 Å². The van der Waals surface area contributed by atoms with E-state index in [1.807, 2.05) is 36.4 Å². The highest BCUT2D eigenvalue weighted by Crippen LogP contribution is 2.51. The summed E-state index contributed by atoms with van der Waals surface area (Å²) in [6.45, 7) is 4.29. The number of hydrogen-bond acceptors (Lipinski definition) is 7. The summed E-state index contributed by atoms with van der Waals surface area (Å²) in [5.74, 6) is 1.23. The molecule has 154 valence electrons. The van der Waals surface area contributed by atoms with Crippen LogP contribution in [0, 0.1) is 0 Å². The van der Waals surface area contributed by atoms with E-state index in [0.717, 1.165) is 27.7 Å². The molecule has 0 unspecified atom stereocenters. The molecule has 1 aromatic heterocycles. The van der Waals surface area contributed by atoms with E-state index in [-0.39, 0.29) is 6.16 Å². The molecule has 1 heterocycles. The van der Waals surface area contributed by atoms with Crippen molar-refractivity contribution >= 4 is 18.5 Å². The first-order valence-corrected chi connectivity index (χ1v) is 11.1. The van der Waals surface area contributed by atoms with Crippen molar-refractivity contribution in [3.8, 4) is 22.8 Å². The van der Waals surface area contributed by atoms with Crippen LogP contribution in [0.2, 0.25) is 0 Å². The fourth-order valence-electron chi connectivity index (χ4n) is 3.13. The zero-order valence-corrected chi connectivity index (χ0v) is 17.9. The predicted octanol–water partition coefficient (Wildman–Crippen LogP) is 5.08. The van der Waals surface area contributed by atoms with Gasteiger partial charge in [-0.3, -0.25) is 4.57 Å². The fourth-order valence-corrected chi connectivity index (χ4v) is 4.83. The molecule has 0 atom stereocenters. The van der Waals surface area contributed by atoms with Crippen molar-refractivity contribution in [2.75, 3.05) is 27.4 Å². The Morgan fingerprint density at radius 2 is 1.52 bits per heavy atom.